The van der Waals surface area contributed by atoms with E-state index in [1.165, 1.54) is 25.3 Å². The number of rotatable bonds is 4. The van der Waals surface area contributed by atoms with Crippen molar-refractivity contribution in [2.24, 2.45) is 0 Å². The second kappa shape index (κ2) is 5.58. The molecule has 0 saturated carbocycles. The molecule has 0 aliphatic heterocycles. The highest BCUT2D eigenvalue weighted by molar-refractivity contribution is 7.86. The molecular weight excluding hydrogens is 264 g/mol. The van der Waals surface area contributed by atoms with Crippen molar-refractivity contribution in [2.75, 3.05) is 20.5 Å². The summed E-state index contributed by atoms with van der Waals surface area (Å²) in [5.74, 6) is 0.276. The molecule has 1 rings (SSSR count). The summed E-state index contributed by atoms with van der Waals surface area (Å²) in [7, 11) is -1.13. The fourth-order valence-electron chi connectivity index (χ4n) is 1.09. The lowest BCUT2D eigenvalue weighted by atomic mass is 10.3. The molecule has 1 aromatic carbocycles. The molecule has 0 aliphatic carbocycles. The third-order valence-electron chi connectivity index (χ3n) is 1.74. The van der Waals surface area contributed by atoms with E-state index in [9.17, 15) is 13.2 Å². The van der Waals surface area contributed by atoms with Crippen LogP contribution in [0.1, 0.15) is 0 Å². The van der Waals surface area contributed by atoms with E-state index in [2.05, 4.69) is 8.92 Å². The zero-order valence-electron chi connectivity index (χ0n) is 10.00. The van der Waals surface area contributed by atoms with Crippen molar-refractivity contribution in [1.82, 2.24) is 0 Å². The second-order valence-electron chi connectivity index (χ2n) is 3.16. The van der Waals surface area contributed by atoms with Crippen LogP contribution in [0, 0.1) is 0 Å². The van der Waals surface area contributed by atoms with Gasteiger partial charge in [0.05, 0.1) is 20.5 Å². The predicted octanol–water partition coefficient (Wildman–Crippen LogP) is 1.18. The lowest BCUT2D eigenvalue weighted by Gasteiger charge is -2.10. The molecule has 0 radical (unpaired) electrons. The maximum atomic E-state index is 10.9. The summed E-state index contributed by atoms with van der Waals surface area (Å²) in [6.45, 7) is 0. The lowest BCUT2D eigenvalue weighted by Crippen LogP contribution is -2.09. The summed E-state index contributed by atoms with van der Waals surface area (Å²) < 4.78 is 40.6. The summed E-state index contributed by atoms with van der Waals surface area (Å²) >= 11 is 0. The summed E-state index contributed by atoms with van der Waals surface area (Å²) in [4.78, 5) is 10.9. The topological polar surface area (TPSA) is 88.1 Å². The van der Waals surface area contributed by atoms with Crippen molar-refractivity contribution in [3.05, 3.63) is 18.2 Å². The van der Waals surface area contributed by atoms with E-state index in [0.717, 1.165) is 13.4 Å². The molecule has 0 aliphatic rings. The van der Waals surface area contributed by atoms with Crippen LogP contribution in [0.15, 0.2) is 18.2 Å². The van der Waals surface area contributed by atoms with E-state index in [1.807, 2.05) is 0 Å². The molecule has 0 heterocycles. The number of hydrogen-bond acceptors (Lipinski definition) is 7. The second-order valence-corrected chi connectivity index (χ2v) is 4.73. The van der Waals surface area contributed by atoms with Gasteiger partial charge in [-0.15, -0.1) is 0 Å². The first-order valence-corrected chi connectivity index (χ1v) is 6.50. The van der Waals surface area contributed by atoms with Crippen LogP contribution in [0.3, 0.4) is 0 Å². The highest BCUT2D eigenvalue weighted by atomic mass is 32.2. The van der Waals surface area contributed by atoms with Crippen molar-refractivity contribution in [3.8, 4) is 17.2 Å². The third-order valence-corrected chi connectivity index (χ3v) is 2.24. The first kappa shape index (κ1) is 14.1. The standard InChI is InChI=1S/C10H12O7S/c1-14-9-6-7(17-18(3,12)13)4-5-8(9)16-10(11)15-2/h4-6H,1-3H3. The number of ether oxygens (including phenoxy) is 3. The Hall–Kier alpha value is -1.96. The molecule has 18 heavy (non-hydrogen) atoms. The first-order chi connectivity index (χ1) is 8.35. The molecule has 0 atom stereocenters. The molecule has 0 unspecified atom stereocenters. The van der Waals surface area contributed by atoms with Crippen molar-refractivity contribution in [3.63, 3.8) is 0 Å². The predicted molar refractivity (Wildman–Crippen MR) is 61.5 cm³/mol. The summed E-state index contributed by atoms with van der Waals surface area (Å²) in [5.41, 5.74) is 0. The van der Waals surface area contributed by atoms with E-state index in [0.29, 0.717) is 0 Å². The zero-order chi connectivity index (χ0) is 13.8. The van der Waals surface area contributed by atoms with Crippen LogP contribution in [0.5, 0.6) is 17.2 Å². The van der Waals surface area contributed by atoms with E-state index in [4.69, 9.17) is 9.47 Å². The Balaban J connectivity index is 3.00. The number of carbonyl (C=O) groups is 1. The third kappa shape index (κ3) is 4.13. The minimum atomic E-state index is -3.63. The number of methoxy groups -OCH3 is 2. The Morgan fingerprint density at radius 2 is 1.83 bits per heavy atom. The SMILES string of the molecule is COC(=O)Oc1ccc(OS(C)(=O)=O)cc1OC. The van der Waals surface area contributed by atoms with Crippen molar-refractivity contribution < 1.29 is 31.6 Å². The maximum Gasteiger partial charge on any atom is 0.513 e. The first-order valence-electron chi connectivity index (χ1n) is 4.69. The van der Waals surface area contributed by atoms with Crippen molar-refractivity contribution in [2.45, 2.75) is 0 Å². The van der Waals surface area contributed by atoms with Gasteiger partial charge in [0.1, 0.15) is 5.75 Å². The van der Waals surface area contributed by atoms with Gasteiger partial charge in [-0.1, -0.05) is 0 Å². The molecule has 100 valence electrons. The van der Waals surface area contributed by atoms with Crippen LogP contribution in [-0.2, 0) is 14.9 Å². The molecule has 0 bridgehead atoms. The molecule has 0 amide bonds. The lowest BCUT2D eigenvalue weighted by molar-refractivity contribution is 0.120. The molecule has 0 spiro atoms. The van der Waals surface area contributed by atoms with Gasteiger partial charge >= 0.3 is 16.3 Å². The summed E-state index contributed by atoms with van der Waals surface area (Å²) in [5, 5.41) is 0. The average Bonchev–Trinajstić information content (AvgIpc) is 2.28. The number of carbonyl (C=O) groups excluding carboxylic acids is 1. The van der Waals surface area contributed by atoms with Gasteiger partial charge in [0.2, 0.25) is 0 Å². The van der Waals surface area contributed by atoms with Gasteiger partial charge < -0.3 is 18.4 Å². The molecule has 0 aromatic heterocycles. The number of benzene rings is 1. The van der Waals surface area contributed by atoms with E-state index < -0.39 is 16.3 Å². The summed E-state index contributed by atoms with van der Waals surface area (Å²) in [6.07, 6.45) is 0.00305. The molecule has 0 fully saturated rings. The van der Waals surface area contributed by atoms with Gasteiger partial charge in [-0.05, 0) is 12.1 Å². The normalized spacial score (nSPS) is 10.6. The molecule has 8 heteroatoms. The molecule has 1 aromatic rings. The Bertz CT molecular complexity index is 535. The van der Waals surface area contributed by atoms with Crippen LogP contribution in [0.4, 0.5) is 4.79 Å². The quantitative estimate of drug-likeness (QED) is 0.463. The van der Waals surface area contributed by atoms with Gasteiger partial charge in [-0.2, -0.15) is 8.42 Å². The van der Waals surface area contributed by atoms with Crippen molar-refractivity contribution >= 4 is 16.3 Å². The Morgan fingerprint density at radius 1 is 1.17 bits per heavy atom. The van der Waals surface area contributed by atoms with Crippen LogP contribution in [0.2, 0.25) is 0 Å². The van der Waals surface area contributed by atoms with Crippen LogP contribution < -0.4 is 13.7 Å². The monoisotopic (exact) mass is 276 g/mol. The highest BCUT2D eigenvalue weighted by Crippen LogP contribution is 2.31. The van der Waals surface area contributed by atoms with E-state index in [-0.39, 0.29) is 17.2 Å². The Labute approximate surface area is 104 Å². The van der Waals surface area contributed by atoms with Crippen molar-refractivity contribution in [1.29, 1.82) is 0 Å². The zero-order valence-corrected chi connectivity index (χ0v) is 10.8. The average molecular weight is 276 g/mol. The fraction of sp³-hybridized carbons (Fsp3) is 0.300. The largest absolute Gasteiger partial charge is 0.513 e. The van der Waals surface area contributed by atoms with Crippen LogP contribution in [0.25, 0.3) is 0 Å². The molecule has 7 nitrogen and oxygen atoms in total. The molecule has 0 saturated heterocycles. The smallest absolute Gasteiger partial charge is 0.493 e. The Morgan fingerprint density at radius 3 is 2.33 bits per heavy atom. The molecule has 0 N–H and O–H groups in total. The van der Waals surface area contributed by atoms with E-state index in [1.54, 1.807) is 0 Å². The fourth-order valence-corrected chi connectivity index (χ4v) is 1.54. The highest BCUT2D eigenvalue weighted by Gasteiger charge is 2.13. The van der Waals surface area contributed by atoms with Crippen LogP contribution in [-0.4, -0.2) is 35.0 Å². The maximum absolute atomic E-state index is 10.9. The number of hydrogen-bond donors (Lipinski definition) is 0. The molecular formula is C10H12O7S. The minimum absolute atomic E-state index is 0.0477. The minimum Gasteiger partial charge on any atom is -0.493 e. The van der Waals surface area contributed by atoms with Gasteiger partial charge in [-0.25, -0.2) is 4.79 Å². The Kier molecular flexibility index (Phi) is 4.38. The van der Waals surface area contributed by atoms with Crippen LogP contribution >= 0.6 is 0 Å². The van der Waals surface area contributed by atoms with Gasteiger partial charge in [0, 0.05) is 6.07 Å². The van der Waals surface area contributed by atoms with E-state index >= 15 is 0 Å². The summed E-state index contributed by atoms with van der Waals surface area (Å²) in [6, 6.07) is 3.93. The van der Waals surface area contributed by atoms with Gasteiger partial charge in [-0.3, -0.25) is 0 Å². The van der Waals surface area contributed by atoms with Gasteiger partial charge in [0.15, 0.2) is 11.5 Å². The van der Waals surface area contributed by atoms with Gasteiger partial charge in [0.25, 0.3) is 0 Å².